The van der Waals surface area contributed by atoms with Crippen LogP contribution in [0.2, 0.25) is 0 Å². The van der Waals surface area contributed by atoms with Gasteiger partial charge >= 0.3 is 0 Å². The van der Waals surface area contributed by atoms with Gasteiger partial charge in [-0.2, -0.15) is 0 Å². The highest BCUT2D eigenvalue weighted by molar-refractivity contribution is 9.10. The fraction of sp³-hybridized carbons (Fsp3) is 0.625. The lowest BCUT2D eigenvalue weighted by molar-refractivity contribution is 0.370. The number of hydrogen-bond donors (Lipinski definition) is 0. The molecule has 5 heteroatoms. The summed E-state index contributed by atoms with van der Waals surface area (Å²) in [5.74, 6) is 1.70. The van der Waals surface area contributed by atoms with Gasteiger partial charge in [0.1, 0.15) is 11.3 Å². The van der Waals surface area contributed by atoms with E-state index in [-0.39, 0.29) is 0 Å². The molecule has 0 spiro atoms. The first-order valence-electron chi connectivity index (χ1n) is 7.88. The Morgan fingerprint density at radius 1 is 1.19 bits per heavy atom. The minimum Gasteiger partial charge on any atom is -0.310 e. The Bertz CT molecular complexity index is 603. The second kappa shape index (κ2) is 7.10. The molecule has 0 unspecified atom stereocenters. The number of pyridine rings is 1. The molecule has 0 aromatic carbocycles. The van der Waals surface area contributed by atoms with Crippen molar-refractivity contribution in [2.75, 3.05) is 5.88 Å². The van der Waals surface area contributed by atoms with E-state index in [1.165, 1.54) is 44.9 Å². The quantitative estimate of drug-likeness (QED) is 0.690. The minimum atomic E-state index is 0.530. The first-order valence-corrected chi connectivity index (χ1v) is 9.20. The molecule has 0 radical (unpaired) electrons. The summed E-state index contributed by atoms with van der Waals surface area (Å²) >= 11 is 9.47. The van der Waals surface area contributed by atoms with Crippen LogP contribution in [0.1, 0.15) is 56.8 Å². The molecule has 0 bridgehead atoms. The summed E-state index contributed by atoms with van der Waals surface area (Å²) in [6.07, 6.45) is 11.9. The second-order valence-corrected chi connectivity index (χ2v) is 7.13. The molecule has 0 aliphatic heterocycles. The van der Waals surface area contributed by atoms with Gasteiger partial charge in [0, 0.05) is 29.0 Å². The van der Waals surface area contributed by atoms with E-state index in [2.05, 4.69) is 31.5 Å². The SMILES string of the molecule is ClCCc1nc2cc(Br)cnc2n1C1CCCCCCC1. The van der Waals surface area contributed by atoms with Gasteiger partial charge in [-0.3, -0.25) is 0 Å². The fourth-order valence-electron chi connectivity index (χ4n) is 3.34. The predicted octanol–water partition coefficient (Wildman–Crippen LogP) is 5.26. The van der Waals surface area contributed by atoms with Crippen LogP contribution in [0.4, 0.5) is 0 Å². The number of fused-ring (bicyclic) bond motifs is 1. The normalized spacial score (nSPS) is 17.8. The molecule has 1 aliphatic carbocycles. The molecule has 0 atom stereocenters. The minimum absolute atomic E-state index is 0.530. The van der Waals surface area contributed by atoms with E-state index in [0.29, 0.717) is 11.9 Å². The van der Waals surface area contributed by atoms with Crippen molar-refractivity contribution in [3.05, 3.63) is 22.6 Å². The lowest BCUT2D eigenvalue weighted by atomic mass is 9.96. The first-order chi connectivity index (χ1) is 10.3. The summed E-state index contributed by atoms with van der Waals surface area (Å²) in [7, 11) is 0. The van der Waals surface area contributed by atoms with Gasteiger partial charge in [0.05, 0.1) is 0 Å². The molecule has 0 amide bonds. The molecule has 3 rings (SSSR count). The third kappa shape index (κ3) is 3.42. The standard InChI is InChI=1S/C16H21BrClN3/c17-12-10-14-16(19-11-12)21(15(20-14)8-9-18)13-6-4-2-1-3-5-7-13/h10-11,13H,1-9H2. The van der Waals surface area contributed by atoms with Crippen molar-refractivity contribution in [3.63, 3.8) is 0 Å². The van der Waals surface area contributed by atoms with Crippen LogP contribution >= 0.6 is 27.5 Å². The van der Waals surface area contributed by atoms with Crippen molar-refractivity contribution in [2.24, 2.45) is 0 Å². The second-order valence-electron chi connectivity index (χ2n) is 5.83. The number of aryl methyl sites for hydroxylation is 1. The third-order valence-corrected chi connectivity index (χ3v) is 4.95. The molecule has 3 nitrogen and oxygen atoms in total. The number of nitrogens with zero attached hydrogens (tertiary/aromatic N) is 3. The Kier molecular flexibility index (Phi) is 5.17. The summed E-state index contributed by atoms with van der Waals surface area (Å²) in [5, 5.41) is 0. The maximum Gasteiger partial charge on any atom is 0.160 e. The highest BCUT2D eigenvalue weighted by atomic mass is 79.9. The summed E-state index contributed by atoms with van der Waals surface area (Å²) in [6.45, 7) is 0. The maximum atomic E-state index is 5.98. The molecule has 0 N–H and O–H groups in total. The lowest BCUT2D eigenvalue weighted by Crippen LogP contribution is -2.15. The van der Waals surface area contributed by atoms with Crippen LogP contribution in [0.3, 0.4) is 0 Å². The van der Waals surface area contributed by atoms with Crippen molar-refractivity contribution < 1.29 is 0 Å². The zero-order valence-electron chi connectivity index (χ0n) is 12.2. The Labute approximate surface area is 139 Å². The molecular formula is C16H21BrClN3. The smallest absolute Gasteiger partial charge is 0.160 e. The van der Waals surface area contributed by atoms with E-state index in [1.54, 1.807) is 0 Å². The van der Waals surface area contributed by atoms with E-state index in [1.807, 2.05) is 6.20 Å². The monoisotopic (exact) mass is 369 g/mol. The maximum absolute atomic E-state index is 5.98. The number of imidazole rings is 1. The zero-order valence-corrected chi connectivity index (χ0v) is 14.5. The van der Waals surface area contributed by atoms with Gasteiger partial charge in [-0.1, -0.05) is 32.1 Å². The molecular weight excluding hydrogens is 350 g/mol. The van der Waals surface area contributed by atoms with Gasteiger partial charge < -0.3 is 4.57 Å². The molecule has 1 saturated carbocycles. The van der Waals surface area contributed by atoms with Crippen molar-refractivity contribution in [3.8, 4) is 0 Å². The highest BCUT2D eigenvalue weighted by Gasteiger charge is 2.20. The van der Waals surface area contributed by atoms with Crippen LogP contribution < -0.4 is 0 Å². The number of alkyl halides is 1. The highest BCUT2D eigenvalue weighted by Crippen LogP contribution is 2.31. The molecule has 21 heavy (non-hydrogen) atoms. The van der Waals surface area contributed by atoms with Crippen LogP contribution in [0.15, 0.2) is 16.7 Å². The zero-order chi connectivity index (χ0) is 14.7. The van der Waals surface area contributed by atoms with E-state index in [9.17, 15) is 0 Å². The van der Waals surface area contributed by atoms with Crippen LogP contribution in [0.25, 0.3) is 11.2 Å². The lowest BCUT2D eigenvalue weighted by Gasteiger charge is -2.23. The van der Waals surface area contributed by atoms with Gasteiger partial charge in [-0.05, 0) is 34.8 Å². The summed E-state index contributed by atoms with van der Waals surface area (Å²) in [5.41, 5.74) is 2.00. The van der Waals surface area contributed by atoms with Crippen LogP contribution in [-0.2, 0) is 6.42 Å². The Hall–Kier alpha value is -0.610. The molecule has 2 aromatic heterocycles. The molecule has 114 valence electrons. The number of halogens is 2. The van der Waals surface area contributed by atoms with E-state index < -0.39 is 0 Å². The third-order valence-electron chi connectivity index (χ3n) is 4.33. The molecule has 1 aliphatic rings. The Balaban J connectivity index is 2.02. The summed E-state index contributed by atoms with van der Waals surface area (Å²) in [6, 6.07) is 2.58. The average Bonchev–Trinajstić information content (AvgIpc) is 2.76. The number of hydrogen-bond acceptors (Lipinski definition) is 2. The van der Waals surface area contributed by atoms with Gasteiger partial charge in [0.25, 0.3) is 0 Å². The first kappa shape index (κ1) is 15.3. The van der Waals surface area contributed by atoms with Crippen molar-refractivity contribution in [1.29, 1.82) is 0 Å². The molecule has 1 fully saturated rings. The molecule has 2 aromatic rings. The topological polar surface area (TPSA) is 30.7 Å². The fourth-order valence-corrected chi connectivity index (χ4v) is 3.83. The molecule has 2 heterocycles. The summed E-state index contributed by atoms with van der Waals surface area (Å²) in [4.78, 5) is 9.40. The van der Waals surface area contributed by atoms with Crippen LogP contribution in [0.5, 0.6) is 0 Å². The average molecular weight is 371 g/mol. The van der Waals surface area contributed by atoms with Crippen molar-refractivity contribution >= 4 is 38.7 Å². The van der Waals surface area contributed by atoms with E-state index in [0.717, 1.165) is 27.9 Å². The van der Waals surface area contributed by atoms with Crippen molar-refractivity contribution in [1.82, 2.24) is 14.5 Å². The molecule has 0 saturated heterocycles. The number of aromatic nitrogens is 3. The van der Waals surface area contributed by atoms with Gasteiger partial charge in [-0.25, -0.2) is 9.97 Å². The Morgan fingerprint density at radius 2 is 1.90 bits per heavy atom. The van der Waals surface area contributed by atoms with E-state index in [4.69, 9.17) is 16.6 Å². The van der Waals surface area contributed by atoms with Crippen molar-refractivity contribution in [2.45, 2.75) is 57.4 Å². The van der Waals surface area contributed by atoms with Gasteiger partial charge in [0.15, 0.2) is 5.65 Å². The van der Waals surface area contributed by atoms with E-state index >= 15 is 0 Å². The largest absolute Gasteiger partial charge is 0.310 e. The van der Waals surface area contributed by atoms with Crippen LogP contribution in [0, 0.1) is 0 Å². The van der Waals surface area contributed by atoms with Gasteiger partial charge in [-0.15, -0.1) is 11.6 Å². The van der Waals surface area contributed by atoms with Gasteiger partial charge in [0.2, 0.25) is 0 Å². The predicted molar refractivity (Wildman–Crippen MR) is 91.0 cm³/mol. The summed E-state index contributed by atoms with van der Waals surface area (Å²) < 4.78 is 3.35. The van der Waals surface area contributed by atoms with Crippen LogP contribution in [-0.4, -0.2) is 20.4 Å². The number of rotatable bonds is 3. The Morgan fingerprint density at radius 3 is 2.62 bits per heavy atom.